The van der Waals surface area contributed by atoms with E-state index in [1.807, 2.05) is 12.1 Å². The first-order chi connectivity index (χ1) is 9.27. The molecule has 2 rings (SSSR count). The van der Waals surface area contributed by atoms with E-state index in [9.17, 15) is 0 Å². The fourth-order valence-electron chi connectivity index (χ4n) is 2.32. The topological polar surface area (TPSA) is 24.5 Å². The molecule has 0 amide bonds. The lowest BCUT2D eigenvalue weighted by Crippen LogP contribution is -2.31. The van der Waals surface area contributed by atoms with Crippen molar-refractivity contribution in [1.29, 1.82) is 0 Å². The molecule has 1 aliphatic rings. The van der Waals surface area contributed by atoms with Gasteiger partial charge >= 0.3 is 0 Å². The number of hydrogen-bond donors (Lipinski definition) is 1. The van der Waals surface area contributed by atoms with E-state index in [-0.39, 0.29) is 0 Å². The molecular weight excluding hydrogens is 260 g/mol. The Morgan fingerprint density at radius 1 is 1.42 bits per heavy atom. The van der Waals surface area contributed by atoms with Crippen LogP contribution in [0.1, 0.15) is 25.3 Å². The van der Waals surface area contributed by atoms with Crippen molar-refractivity contribution >= 4 is 17.3 Å². The van der Waals surface area contributed by atoms with Crippen LogP contribution in [0.25, 0.3) is 0 Å². The lowest BCUT2D eigenvalue weighted by Gasteiger charge is -2.27. The van der Waals surface area contributed by atoms with Crippen LogP contribution in [0.15, 0.2) is 18.2 Å². The maximum absolute atomic E-state index is 6.37. The molecule has 1 fully saturated rings. The predicted molar refractivity (Wildman–Crippen MR) is 81.1 cm³/mol. The average Bonchev–Trinajstić information content (AvgIpc) is 3.23. The minimum absolute atomic E-state index is 0.661. The van der Waals surface area contributed by atoms with E-state index in [0.717, 1.165) is 31.3 Å². The Hall–Kier alpha value is -0.770. The summed E-state index contributed by atoms with van der Waals surface area (Å²) in [4.78, 5) is 2.45. The molecule has 0 atom stereocenters. The zero-order valence-electron chi connectivity index (χ0n) is 11.8. The molecule has 1 aliphatic carbocycles. The van der Waals surface area contributed by atoms with E-state index < -0.39 is 0 Å². The monoisotopic (exact) mass is 282 g/mol. The van der Waals surface area contributed by atoms with Crippen molar-refractivity contribution < 1.29 is 4.74 Å². The van der Waals surface area contributed by atoms with Gasteiger partial charge in [-0.25, -0.2) is 0 Å². The van der Waals surface area contributed by atoms with Gasteiger partial charge in [0.2, 0.25) is 0 Å². The number of anilines is 1. The summed E-state index contributed by atoms with van der Waals surface area (Å²) in [6, 6.07) is 6.84. The van der Waals surface area contributed by atoms with Gasteiger partial charge in [0.05, 0.1) is 6.61 Å². The van der Waals surface area contributed by atoms with Gasteiger partial charge in [0.25, 0.3) is 0 Å². The minimum atomic E-state index is 0.661. The molecule has 19 heavy (non-hydrogen) atoms. The van der Waals surface area contributed by atoms with Crippen LogP contribution in [-0.4, -0.2) is 32.8 Å². The fourth-order valence-corrected chi connectivity index (χ4v) is 2.55. The highest BCUT2D eigenvalue weighted by Gasteiger charge is 2.30. The maximum atomic E-state index is 6.37. The maximum Gasteiger partial charge on any atom is 0.0637 e. The first-order valence-electron chi connectivity index (χ1n) is 7.01. The summed E-state index contributed by atoms with van der Waals surface area (Å²) in [5, 5.41) is 4.22. The molecule has 0 radical (unpaired) electrons. The molecule has 1 N–H and O–H groups in total. The molecule has 1 saturated carbocycles. The summed E-state index contributed by atoms with van der Waals surface area (Å²) >= 11 is 6.37. The minimum Gasteiger partial charge on any atom is -0.383 e. The SMILES string of the molecule is CCNCc1c(Cl)cccc1N(CCOC)C1CC1. The third-order valence-electron chi connectivity index (χ3n) is 3.48. The van der Waals surface area contributed by atoms with Crippen LogP contribution in [0, 0.1) is 0 Å². The predicted octanol–water partition coefficient (Wildman–Crippen LogP) is 3.06. The zero-order chi connectivity index (χ0) is 13.7. The number of hydrogen-bond acceptors (Lipinski definition) is 3. The van der Waals surface area contributed by atoms with E-state index in [0.29, 0.717) is 6.04 Å². The Labute approximate surface area is 120 Å². The third-order valence-corrected chi connectivity index (χ3v) is 3.83. The number of ether oxygens (including phenoxy) is 1. The van der Waals surface area contributed by atoms with Crippen molar-refractivity contribution in [3.05, 3.63) is 28.8 Å². The number of rotatable bonds is 8. The summed E-state index contributed by atoms with van der Waals surface area (Å²) in [6.45, 7) is 5.57. The summed E-state index contributed by atoms with van der Waals surface area (Å²) in [7, 11) is 1.75. The standard InChI is InChI=1S/C15H23ClN2O/c1-3-17-11-13-14(16)5-4-6-15(13)18(9-10-19-2)12-7-8-12/h4-6,12,17H,3,7-11H2,1-2H3. The van der Waals surface area contributed by atoms with E-state index >= 15 is 0 Å². The Morgan fingerprint density at radius 2 is 2.21 bits per heavy atom. The molecule has 106 valence electrons. The number of nitrogens with one attached hydrogen (secondary N) is 1. The lowest BCUT2D eigenvalue weighted by atomic mass is 10.1. The molecule has 1 aromatic rings. The van der Waals surface area contributed by atoms with Crippen LogP contribution < -0.4 is 10.2 Å². The van der Waals surface area contributed by atoms with Crippen LogP contribution in [0.2, 0.25) is 5.02 Å². The molecular formula is C15H23ClN2O. The van der Waals surface area contributed by atoms with Gasteiger partial charge < -0.3 is 15.0 Å². The highest BCUT2D eigenvalue weighted by Crippen LogP contribution is 2.35. The van der Waals surface area contributed by atoms with E-state index in [2.05, 4.69) is 23.2 Å². The van der Waals surface area contributed by atoms with Crippen LogP contribution in [-0.2, 0) is 11.3 Å². The van der Waals surface area contributed by atoms with Gasteiger partial charge in [0.1, 0.15) is 0 Å². The van der Waals surface area contributed by atoms with E-state index in [4.69, 9.17) is 16.3 Å². The Balaban J connectivity index is 2.21. The van der Waals surface area contributed by atoms with Gasteiger partial charge in [-0.1, -0.05) is 24.6 Å². The van der Waals surface area contributed by atoms with Crippen molar-refractivity contribution in [2.45, 2.75) is 32.4 Å². The summed E-state index contributed by atoms with van der Waals surface area (Å²) in [6.07, 6.45) is 2.55. The molecule has 0 saturated heterocycles. The molecule has 0 aliphatic heterocycles. The summed E-state index contributed by atoms with van der Waals surface area (Å²) < 4.78 is 5.23. The largest absolute Gasteiger partial charge is 0.383 e. The lowest BCUT2D eigenvalue weighted by molar-refractivity contribution is 0.205. The van der Waals surface area contributed by atoms with Crippen molar-refractivity contribution in [2.24, 2.45) is 0 Å². The molecule has 4 heteroatoms. The second-order valence-electron chi connectivity index (χ2n) is 4.94. The second-order valence-corrected chi connectivity index (χ2v) is 5.34. The molecule has 1 aromatic carbocycles. The quantitative estimate of drug-likeness (QED) is 0.793. The van der Waals surface area contributed by atoms with Crippen molar-refractivity contribution in [2.75, 3.05) is 31.7 Å². The summed E-state index contributed by atoms with van der Waals surface area (Å²) in [5.74, 6) is 0. The van der Waals surface area contributed by atoms with Crippen molar-refractivity contribution in [1.82, 2.24) is 5.32 Å². The number of benzene rings is 1. The highest BCUT2D eigenvalue weighted by molar-refractivity contribution is 6.31. The Bertz CT molecular complexity index is 407. The molecule has 3 nitrogen and oxygen atoms in total. The zero-order valence-corrected chi connectivity index (χ0v) is 12.5. The van der Waals surface area contributed by atoms with Crippen LogP contribution in [0.4, 0.5) is 5.69 Å². The van der Waals surface area contributed by atoms with E-state index in [1.165, 1.54) is 24.1 Å². The van der Waals surface area contributed by atoms with Gasteiger partial charge in [0.15, 0.2) is 0 Å². The van der Waals surface area contributed by atoms with Gasteiger partial charge in [-0.05, 0) is 31.5 Å². The van der Waals surface area contributed by atoms with Gasteiger partial charge in [0, 0.05) is 42.5 Å². The van der Waals surface area contributed by atoms with Crippen molar-refractivity contribution in [3.8, 4) is 0 Å². The normalized spacial score (nSPS) is 14.7. The van der Waals surface area contributed by atoms with Crippen LogP contribution >= 0.6 is 11.6 Å². The summed E-state index contributed by atoms with van der Waals surface area (Å²) in [5.41, 5.74) is 2.46. The Kier molecular flexibility index (Phi) is 5.49. The number of methoxy groups -OCH3 is 1. The second kappa shape index (κ2) is 7.13. The average molecular weight is 283 g/mol. The first kappa shape index (κ1) is 14.6. The Morgan fingerprint density at radius 3 is 2.84 bits per heavy atom. The highest BCUT2D eigenvalue weighted by atomic mass is 35.5. The van der Waals surface area contributed by atoms with Crippen LogP contribution in [0.5, 0.6) is 0 Å². The van der Waals surface area contributed by atoms with Crippen molar-refractivity contribution in [3.63, 3.8) is 0 Å². The molecule has 0 bridgehead atoms. The first-order valence-corrected chi connectivity index (χ1v) is 7.39. The number of nitrogens with zero attached hydrogens (tertiary/aromatic N) is 1. The fraction of sp³-hybridized carbons (Fsp3) is 0.600. The number of halogens is 1. The van der Waals surface area contributed by atoms with Gasteiger partial charge in [-0.2, -0.15) is 0 Å². The third kappa shape index (κ3) is 3.85. The molecule has 0 heterocycles. The molecule has 0 aromatic heterocycles. The smallest absolute Gasteiger partial charge is 0.0637 e. The van der Waals surface area contributed by atoms with E-state index in [1.54, 1.807) is 7.11 Å². The van der Waals surface area contributed by atoms with Gasteiger partial charge in [-0.3, -0.25) is 0 Å². The van der Waals surface area contributed by atoms with Crippen LogP contribution in [0.3, 0.4) is 0 Å². The van der Waals surface area contributed by atoms with Gasteiger partial charge in [-0.15, -0.1) is 0 Å². The molecule has 0 spiro atoms. The molecule has 0 unspecified atom stereocenters.